The second kappa shape index (κ2) is 11.9. The average molecular weight is 608 g/mol. The second-order valence-electron chi connectivity index (χ2n) is 9.82. The summed E-state index contributed by atoms with van der Waals surface area (Å²) in [5.41, 5.74) is 2.32. The van der Waals surface area contributed by atoms with Crippen molar-refractivity contribution in [1.29, 1.82) is 0 Å². The van der Waals surface area contributed by atoms with Crippen LogP contribution >= 0.6 is 15.9 Å². The molecule has 5 heterocycles. The number of carbonyl (C=O) groups excluding carboxylic acids is 1. The maximum Gasteiger partial charge on any atom is 0.337 e. The van der Waals surface area contributed by atoms with E-state index in [2.05, 4.69) is 40.3 Å². The number of hydrogen-bond donors (Lipinski definition) is 0. The van der Waals surface area contributed by atoms with Gasteiger partial charge in [0.25, 0.3) is 0 Å². The van der Waals surface area contributed by atoms with Gasteiger partial charge in [-0.1, -0.05) is 6.07 Å². The van der Waals surface area contributed by atoms with Crippen molar-refractivity contribution < 1.29 is 19.0 Å². The molecule has 6 rings (SSSR count). The Balaban J connectivity index is 1.11. The standard InChI is InChI=1S/C28H30BrN7O4/c1-38-28(37)19-5-6-22-23(13-19)36(16-21-7-12-39-21)26(32-22)17-34-8-10-35(11-9-34)25-3-2-4-27(33-25)40-18-24-30-14-20(29)15-31-24/h2-6,13-15,21H,7-12,16-18H2,1H3/t21-/m0/s1. The zero-order chi connectivity index (χ0) is 27.5. The predicted octanol–water partition coefficient (Wildman–Crippen LogP) is 3.46. The Labute approximate surface area is 240 Å². The van der Waals surface area contributed by atoms with E-state index in [0.717, 1.165) is 72.9 Å². The molecular weight excluding hydrogens is 578 g/mol. The first kappa shape index (κ1) is 26.6. The third-order valence-corrected chi connectivity index (χ3v) is 7.63. The van der Waals surface area contributed by atoms with E-state index in [9.17, 15) is 4.79 Å². The fourth-order valence-electron chi connectivity index (χ4n) is 4.92. The molecule has 2 fully saturated rings. The molecule has 0 N–H and O–H groups in total. The molecule has 2 saturated heterocycles. The van der Waals surface area contributed by atoms with E-state index < -0.39 is 0 Å². The number of halogens is 1. The van der Waals surface area contributed by atoms with E-state index in [0.29, 0.717) is 23.8 Å². The van der Waals surface area contributed by atoms with Crippen LogP contribution in [-0.2, 0) is 29.2 Å². The summed E-state index contributed by atoms with van der Waals surface area (Å²) in [7, 11) is 1.40. The first-order chi connectivity index (χ1) is 19.6. The number of anilines is 1. The number of piperazine rings is 1. The van der Waals surface area contributed by atoms with Gasteiger partial charge >= 0.3 is 5.97 Å². The molecule has 0 bridgehead atoms. The van der Waals surface area contributed by atoms with Gasteiger partial charge in [-0.2, -0.15) is 4.98 Å². The highest BCUT2D eigenvalue weighted by molar-refractivity contribution is 9.10. The minimum Gasteiger partial charge on any atom is -0.469 e. The molecule has 208 valence electrons. The zero-order valence-corrected chi connectivity index (χ0v) is 23.8. The largest absolute Gasteiger partial charge is 0.469 e. The number of pyridine rings is 1. The molecule has 40 heavy (non-hydrogen) atoms. The second-order valence-corrected chi connectivity index (χ2v) is 10.7. The third-order valence-electron chi connectivity index (χ3n) is 7.22. The number of fused-ring (bicyclic) bond motifs is 1. The van der Waals surface area contributed by atoms with Crippen LogP contribution in [0.2, 0.25) is 0 Å². The number of carbonyl (C=O) groups is 1. The lowest BCUT2D eigenvalue weighted by Crippen LogP contribution is -2.46. The molecule has 0 amide bonds. The van der Waals surface area contributed by atoms with E-state index in [1.54, 1.807) is 18.5 Å². The van der Waals surface area contributed by atoms with E-state index in [1.807, 2.05) is 30.3 Å². The Bertz CT molecular complexity index is 1480. The van der Waals surface area contributed by atoms with Crippen LogP contribution in [0.4, 0.5) is 5.82 Å². The lowest BCUT2D eigenvalue weighted by Gasteiger charge is -2.35. The predicted molar refractivity (Wildman–Crippen MR) is 151 cm³/mol. The van der Waals surface area contributed by atoms with Crippen LogP contribution in [0.5, 0.6) is 5.88 Å². The van der Waals surface area contributed by atoms with Crippen molar-refractivity contribution in [2.45, 2.75) is 32.2 Å². The molecule has 12 heteroatoms. The molecule has 1 aromatic carbocycles. The van der Waals surface area contributed by atoms with Crippen LogP contribution in [0.15, 0.2) is 53.3 Å². The summed E-state index contributed by atoms with van der Waals surface area (Å²) in [5.74, 6) is 2.66. The monoisotopic (exact) mass is 607 g/mol. The summed E-state index contributed by atoms with van der Waals surface area (Å²) in [6, 6.07) is 11.4. The topological polar surface area (TPSA) is 108 Å². The summed E-state index contributed by atoms with van der Waals surface area (Å²) in [5, 5.41) is 0. The minimum absolute atomic E-state index is 0.172. The number of methoxy groups -OCH3 is 1. The Morgan fingerprint density at radius 3 is 2.62 bits per heavy atom. The number of benzene rings is 1. The molecule has 0 saturated carbocycles. The van der Waals surface area contributed by atoms with E-state index >= 15 is 0 Å². The molecule has 0 unspecified atom stereocenters. The van der Waals surface area contributed by atoms with Crippen molar-refractivity contribution in [3.8, 4) is 5.88 Å². The number of hydrogen-bond acceptors (Lipinski definition) is 10. The van der Waals surface area contributed by atoms with Crippen LogP contribution < -0.4 is 9.64 Å². The summed E-state index contributed by atoms with van der Waals surface area (Å²) >= 11 is 3.34. The molecular formula is C28H30BrN7O4. The van der Waals surface area contributed by atoms with Crippen LogP contribution in [0.3, 0.4) is 0 Å². The number of esters is 1. The van der Waals surface area contributed by atoms with Crippen molar-refractivity contribution in [2.75, 3.05) is 44.8 Å². The van der Waals surface area contributed by atoms with Gasteiger partial charge < -0.3 is 23.7 Å². The SMILES string of the molecule is COC(=O)c1ccc2nc(CN3CCN(c4cccc(OCc5ncc(Br)cn5)n4)CC3)n(C[C@@H]3CCO3)c2c1. The highest BCUT2D eigenvalue weighted by Gasteiger charge is 2.25. The van der Waals surface area contributed by atoms with Gasteiger partial charge in [0.2, 0.25) is 5.88 Å². The molecule has 2 aliphatic heterocycles. The lowest BCUT2D eigenvalue weighted by atomic mass is 10.1. The van der Waals surface area contributed by atoms with Crippen molar-refractivity contribution in [3.05, 3.63) is 70.5 Å². The van der Waals surface area contributed by atoms with Crippen molar-refractivity contribution in [1.82, 2.24) is 29.4 Å². The van der Waals surface area contributed by atoms with Gasteiger partial charge in [-0.05, 0) is 46.6 Å². The average Bonchev–Trinajstić information content (AvgIpc) is 3.30. The van der Waals surface area contributed by atoms with Gasteiger partial charge in [0.05, 0.1) is 47.4 Å². The van der Waals surface area contributed by atoms with E-state index in [4.69, 9.17) is 24.2 Å². The summed E-state index contributed by atoms with van der Waals surface area (Å²) in [4.78, 5) is 35.0. The fraction of sp³-hybridized carbons (Fsp3) is 0.393. The van der Waals surface area contributed by atoms with Crippen LogP contribution in [-0.4, -0.2) is 81.4 Å². The molecule has 2 aliphatic rings. The Kier molecular flexibility index (Phi) is 7.89. The number of ether oxygens (including phenoxy) is 3. The zero-order valence-electron chi connectivity index (χ0n) is 22.2. The number of imidazole rings is 1. The van der Waals surface area contributed by atoms with Crippen molar-refractivity contribution in [3.63, 3.8) is 0 Å². The van der Waals surface area contributed by atoms with E-state index in [1.165, 1.54) is 7.11 Å². The van der Waals surface area contributed by atoms with E-state index in [-0.39, 0.29) is 18.7 Å². The highest BCUT2D eigenvalue weighted by Crippen LogP contribution is 2.24. The van der Waals surface area contributed by atoms with Crippen LogP contribution in [0.25, 0.3) is 11.0 Å². The first-order valence-corrected chi connectivity index (χ1v) is 14.1. The maximum atomic E-state index is 12.2. The lowest BCUT2D eigenvalue weighted by molar-refractivity contribution is -0.0592. The Hall–Kier alpha value is -3.61. The number of rotatable bonds is 9. The van der Waals surface area contributed by atoms with Gasteiger partial charge in [0.1, 0.15) is 18.2 Å². The first-order valence-electron chi connectivity index (χ1n) is 13.3. The summed E-state index contributed by atoms with van der Waals surface area (Å²) < 4.78 is 19.5. The van der Waals surface area contributed by atoms with Gasteiger partial charge in [-0.25, -0.2) is 19.7 Å². The maximum absolute atomic E-state index is 12.2. The molecule has 1 atom stereocenters. The van der Waals surface area contributed by atoms with Crippen molar-refractivity contribution >= 4 is 38.8 Å². The summed E-state index contributed by atoms with van der Waals surface area (Å²) in [6.07, 6.45) is 4.60. The molecule has 0 spiro atoms. The van der Waals surface area contributed by atoms with Gasteiger partial charge in [0.15, 0.2) is 5.82 Å². The van der Waals surface area contributed by atoms with Gasteiger partial charge in [-0.3, -0.25) is 4.90 Å². The number of nitrogens with zero attached hydrogens (tertiary/aromatic N) is 7. The van der Waals surface area contributed by atoms with Gasteiger partial charge in [0, 0.05) is 51.2 Å². The van der Waals surface area contributed by atoms with Gasteiger partial charge in [-0.15, -0.1) is 0 Å². The molecule has 3 aromatic heterocycles. The molecule has 11 nitrogen and oxygen atoms in total. The van der Waals surface area contributed by atoms with Crippen LogP contribution in [0.1, 0.15) is 28.4 Å². The highest BCUT2D eigenvalue weighted by atomic mass is 79.9. The third kappa shape index (κ3) is 5.93. The Morgan fingerprint density at radius 2 is 1.90 bits per heavy atom. The Morgan fingerprint density at radius 1 is 1.10 bits per heavy atom. The smallest absolute Gasteiger partial charge is 0.337 e. The normalized spacial score (nSPS) is 17.6. The number of aromatic nitrogens is 5. The minimum atomic E-state index is -0.350. The molecule has 4 aromatic rings. The fourth-order valence-corrected chi connectivity index (χ4v) is 5.13. The summed E-state index contributed by atoms with van der Waals surface area (Å²) in [6.45, 7) is 5.90. The van der Waals surface area contributed by atoms with Crippen molar-refractivity contribution in [2.24, 2.45) is 0 Å². The molecule has 0 radical (unpaired) electrons. The quantitative estimate of drug-likeness (QED) is 0.262. The molecule has 0 aliphatic carbocycles. The van der Waals surface area contributed by atoms with Crippen LogP contribution in [0, 0.1) is 0 Å².